The van der Waals surface area contributed by atoms with E-state index in [1.807, 2.05) is 24.3 Å². The molecule has 0 bridgehead atoms. The van der Waals surface area contributed by atoms with Crippen LogP contribution in [-0.4, -0.2) is 24.9 Å². The maximum Gasteiger partial charge on any atom is 0.214 e. The van der Waals surface area contributed by atoms with E-state index in [2.05, 4.69) is 60.4 Å². The molecule has 0 fully saturated rings. The fourth-order valence-electron chi connectivity index (χ4n) is 3.93. The predicted octanol–water partition coefficient (Wildman–Crippen LogP) is 6.53. The Hall–Kier alpha value is -2.03. The molecule has 30 heavy (non-hydrogen) atoms. The van der Waals surface area contributed by atoms with Gasteiger partial charge in [-0.1, -0.05) is 22.0 Å². The van der Waals surface area contributed by atoms with Crippen molar-refractivity contribution in [2.75, 3.05) is 14.2 Å². The number of rotatable bonds is 4. The third-order valence-corrected chi connectivity index (χ3v) is 7.27. The molecule has 5 rings (SSSR count). The highest BCUT2D eigenvalue weighted by molar-refractivity contribution is 9.11. The minimum Gasteiger partial charge on any atom is -0.493 e. The van der Waals surface area contributed by atoms with Crippen molar-refractivity contribution in [3.8, 4) is 17.2 Å². The third-order valence-electron chi connectivity index (χ3n) is 5.31. The Kier molecular flexibility index (Phi) is 5.24. The lowest BCUT2D eigenvalue weighted by molar-refractivity contribution is -0.0198. The third kappa shape index (κ3) is 3.31. The van der Waals surface area contributed by atoms with E-state index >= 15 is 0 Å². The van der Waals surface area contributed by atoms with E-state index in [1.54, 1.807) is 25.6 Å². The molecule has 0 saturated heterocycles. The summed E-state index contributed by atoms with van der Waals surface area (Å²) in [6.07, 6.45) is 0.445. The summed E-state index contributed by atoms with van der Waals surface area (Å²) >= 11 is 9.01. The smallest absolute Gasteiger partial charge is 0.214 e. The molecule has 2 aliphatic rings. The first-order chi connectivity index (χ1) is 14.6. The second kappa shape index (κ2) is 7.90. The summed E-state index contributed by atoms with van der Waals surface area (Å²) in [6.45, 7) is 0. The van der Waals surface area contributed by atoms with Crippen molar-refractivity contribution in [3.05, 3.63) is 72.8 Å². The Morgan fingerprint density at radius 1 is 1.10 bits per heavy atom. The fraction of sp³-hybridized carbons (Fsp3) is 0.227. The number of hydrogen-bond donors (Lipinski definition) is 0. The molecule has 0 amide bonds. The average Bonchev–Trinajstić information content (AvgIpc) is 3.42. The number of hydrogen-bond acceptors (Lipinski definition) is 6. The molecule has 0 aliphatic carbocycles. The lowest BCUT2D eigenvalue weighted by atomic mass is 9.97. The molecule has 3 heterocycles. The van der Waals surface area contributed by atoms with Crippen molar-refractivity contribution in [1.29, 1.82) is 0 Å². The summed E-state index contributed by atoms with van der Waals surface area (Å²) in [7, 11) is 3.27. The quantitative estimate of drug-likeness (QED) is 0.371. The minimum absolute atomic E-state index is 0.0812. The summed E-state index contributed by atoms with van der Waals surface area (Å²) in [4.78, 5) is 1.19. The average molecular weight is 550 g/mol. The van der Waals surface area contributed by atoms with E-state index in [9.17, 15) is 0 Å². The molecular weight excluding hydrogens is 532 g/mol. The van der Waals surface area contributed by atoms with Gasteiger partial charge in [-0.05, 0) is 57.7 Å². The Morgan fingerprint density at radius 2 is 1.93 bits per heavy atom. The van der Waals surface area contributed by atoms with Crippen LogP contribution in [0.4, 0.5) is 0 Å². The van der Waals surface area contributed by atoms with Gasteiger partial charge in [0.1, 0.15) is 5.75 Å². The Bertz CT molecular complexity index is 1130. The van der Waals surface area contributed by atoms with E-state index in [4.69, 9.17) is 19.3 Å². The van der Waals surface area contributed by atoms with Crippen LogP contribution in [0.2, 0.25) is 0 Å². The Morgan fingerprint density at radius 3 is 2.67 bits per heavy atom. The fourth-order valence-corrected chi connectivity index (χ4v) is 6.01. The maximum atomic E-state index is 6.51. The van der Waals surface area contributed by atoms with E-state index in [-0.39, 0.29) is 12.3 Å². The zero-order chi connectivity index (χ0) is 20.8. The van der Waals surface area contributed by atoms with Crippen molar-refractivity contribution < 1.29 is 14.2 Å². The highest BCUT2D eigenvalue weighted by atomic mass is 79.9. The van der Waals surface area contributed by atoms with Crippen LogP contribution < -0.4 is 14.2 Å². The number of benzene rings is 2. The number of hydrazone groups is 1. The molecule has 3 aromatic rings. The SMILES string of the molecule is COc1ccc(C2Oc3c(Br)cc(Br)cc3C3CC(c4cccs4)=NN32)cc1OC. The van der Waals surface area contributed by atoms with Gasteiger partial charge in [-0.15, -0.1) is 11.3 Å². The molecule has 2 atom stereocenters. The van der Waals surface area contributed by atoms with Crippen LogP contribution in [0.25, 0.3) is 0 Å². The van der Waals surface area contributed by atoms with Crippen LogP contribution in [0.5, 0.6) is 17.2 Å². The van der Waals surface area contributed by atoms with E-state index < -0.39 is 0 Å². The molecule has 0 N–H and O–H groups in total. The highest BCUT2D eigenvalue weighted by Gasteiger charge is 2.42. The number of nitrogens with zero attached hydrogens (tertiary/aromatic N) is 2. The van der Waals surface area contributed by atoms with Crippen molar-refractivity contribution >= 4 is 48.9 Å². The molecule has 0 spiro atoms. The predicted molar refractivity (Wildman–Crippen MR) is 125 cm³/mol. The second-order valence-corrected chi connectivity index (χ2v) is 9.73. The van der Waals surface area contributed by atoms with Gasteiger partial charge < -0.3 is 14.2 Å². The molecule has 2 unspecified atom stereocenters. The molecule has 2 aliphatic heterocycles. The summed E-state index contributed by atoms with van der Waals surface area (Å²) in [5.41, 5.74) is 3.14. The first-order valence-electron chi connectivity index (χ1n) is 9.36. The Balaban J connectivity index is 1.63. The van der Waals surface area contributed by atoms with Gasteiger partial charge in [-0.3, -0.25) is 0 Å². The van der Waals surface area contributed by atoms with E-state index in [0.29, 0.717) is 11.5 Å². The lowest BCUT2D eigenvalue weighted by Gasteiger charge is -2.38. The van der Waals surface area contributed by atoms with Gasteiger partial charge in [0.2, 0.25) is 6.23 Å². The van der Waals surface area contributed by atoms with Crippen LogP contribution in [0.1, 0.15) is 34.7 Å². The topological polar surface area (TPSA) is 43.3 Å². The monoisotopic (exact) mass is 548 g/mol. The van der Waals surface area contributed by atoms with Crippen LogP contribution in [0, 0.1) is 0 Å². The summed E-state index contributed by atoms with van der Waals surface area (Å²) in [5, 5.41) is 9.15. The van der Waals surface area contributed by atoms with Crippen molar-refractivity contribution in [2.24, 2.45) is 5.10 Å². The molecule has 8 heteroatoms. The minimum atomic E-state index is -0.378. The van der Waals surface area contributed by atoms with Gasteiger partial charge in [0.05, 0.1) is 35.3 Å². The molecule has 2 aromatic carbocycles. The highest BCUT2D eigenvalue weighted by Crippen LogP contribution is 2.51. The lowest BCUT2D eigenvalue weighted by Crippen LogP contribution is -2.34. The number of halogens is 2. The number of ether oxygens (including phenoxy) is 3. The molecule has 1 aromatic heterocycles. The van der Waals surface area contributed by atoms with E-state index in [0.717, 1.165) is 38.0 Å². The van der Waals surface area contributed by atoms with Crippen LogP contribution in [0.15, 0.2) is 61.9 Å². The second-order valence-electron chi connectivity index (χ2n) is 7.01. The van der Waals surface area contributed by atoms with Crippen LogP contribution >= 0.6 is 43.2 Å². The summed E-state index contributed by atoms with van der Waals surface area (Å²) in [6, 6.07) is 14.2. The normalized spacial score (nSPS) is 19.6. The van der Waals surface area contributed by atoms with Crippen molar-refractivity contribution in [1.82, 2.24) is 5.01 Å². The van der Waals surface area contributed by atoms with Gasteiger partial charge >= 0.3 is 0 Å². The molecule has 0 radical (unpaired) electrons. The summed E-state index contributed by atoms with van der Waals surface area (Å²) < 4.78 is 19.4. The molecule has 154 valence electrons. The standard InChI is InChI=1S/C22H18Br2N2O3S/c1-27-18-6-5-12(8-19(18)28-2)22-26-17(11-16(25-26)20-4-3-7-30-20)14-9-13(23)10-15(24)21(14)29-22/h3-10,17,22H,11H2,1-2H3. The number of fused-ring (bicyclic) bond motifs is 3. The zero-order valence-electron chi connectivity index (χ0n) is 16.3. The Labute approximate surface area is 195 Å². The van der Waals surface area contributed by atoms with Crippen LogP contribution in [0.3, 0.4) is 0 Å². The molecular formula is C22H18Br2N2O3S. The number of methoxy groups -OCH3 is 2. The van der Waals surface area contributed by atoms with Gasteiger partial charge in [0, 0.05) is 22.0 Å². The van der Waals surface area contributed by atoms with Crippen molar-refractivity contribution in [3.63, 3.8) is 0 Å². The molecule has 5 nitrogen and oxygen atoms in total. The molecule has 0 saturated carbocycles. The van der Waals surface area contributed by atoms with Crippen molar-refractivity contribution in [2.45, 2.75) is 18.7 Å². The first kappa shape index (κ1) is 19.9. The van der Waals surface area contributed by atoms with E-state index in [1.165, 1.54) is 4.88 Å². The summed E-state index contributed by atoms with van der Waals surface area (Å²) in [5.74, 6) is 2.20. The first-order valence-corrected chi connectivity index (χ1v) is 11.8. The van der Waals surface area contributed by atoms with Gasteiger partial charge in [-0.2, -0.15) is 5.10 Å². The maximum absolute atomic E-state index is 6.51. The number of thiophene rings is 1. The zero-order valence-corrected chi connectivity index (χ0v) is 20.3. The largest absolute Gasteiger partial charge is 0.493 e. The van der Waals surface area contributed by atoms with Gasteiger partial charge in [0.25, 0.3) is 0 Å². The van der Waals surface area contributed by atoms with Crippen LogP contribution in [-0.2, 0) is 0 Å². The van der Waals surface area contributed by atoms with Gasteiger partial charge in [-0.25, -0.2) is 5.01 Å². The van der Waals surface area contributed by atoms with Gasteiger partial charge in [0.15, 0.2) is 11.5 Å².